The number of methoxy groups -OCH3 is 1. The van der Waals surface area contributed by atoms with Crippen molar-refractivity contribution in [1.29, 1.82) is 0 Å². The molecule has 8 heteroatoms. The fourth-order valence-electron chi connectivity index (χ4n) is 3.88. The van der Waals surface area contributed by atoms with E-state index in [-0.39, 0.29) is 11.9 Å². The highest BCUT2D eigenvalue weighted by Crippen LogP contribution is 2.41. The van der Waals surface area contributed by atoms with E-state index >= 15 is 0 Å². The minimum Gasteiger partial charge on any atom is -0.497 e. The highest BCUT2D eigenvalue weighted by atomic mass is 32.2. The lowest BCUT2D eigenvalue weighted by atomic mass is 9.89. The molecule has 0 radical (unpaired) electrons. The van der Waals surface area contributed by atoms with Crippen molar-refractivity contribution in [3.63, 3.8) is 0 Å². The Morgan fingerprint density at radius 1 is 1.23 bits per heavy atom. The Kier molecular flexibility index (Phi) is 6.23. The maximum absolute atomic E-state index is 13.2. The average molecular weight is 447 g/mol. The summed E-state index contributed by atoms with van der Waals surface area (Å²) in [7, 11) is -2.10. The number of nitrogens with zero attached hydrogens (tertiary/aromatic N) is 1. The van der Waals surface area contributed by atoms with Gasteiger partial charge in [0.05, 0.1) is 25.1 Å². The van der Waals surface area contributed by atoms with Crippen molar-refractivity contribution in [1.82, 2.24) is 5.32 Å². The molecule has 2 atom stereocenters. The molecule has 0 aliphatic carbocycles. The van der Waals surface area contributed by atoms with Gasteiger partial charge in [0, 0.05) is 12.0 Å². The molecule has 2 aromatic carbocycles. The maximum atomic E-state index is 13.2. The van der Waals surface area contributed by atoms with Crippen LogP contribution in [0.15, 0.2) is 42.5 Å². The van der Waals surface area contributed by atoms with Crippen molar-refractivity contribution in [2.75, 3.05) is 17.7 Å². The minimum atomic E-state index is -3.68. The molecule has 0 fully saturated rings. The number of amides is 1. The number of carbonyl (C=O) groups excluding carboxylic acids is 1. The van der Waals surface area contributed by atoms with Crippen LogP contribution < -0.4 is 19.1 Å². The lowest BCUT2D eigenvalue weighted by Crippen LogP contribution is -2.50. The van der Waals surface area contributed by atoms with Gasteiger partial charge >= 0.3 is 0 Å². The molecular formula is C23H30N2O5S. The van der Waals surface area contributed by atoms with E-state index in [1.165, 1.54) is 0 Å². The van der Waals surface area contributed by atoms with Crippen molar-refractivity contribution >= 4 is 21.6 Å². The molecule has 0 saturated carbocycles. The van der Waals surface area contributed by atoms with Crippen molar-refractivity contribution in [3.8, 4) is 11.5 Å². The number of aryl methyl sites for hydroxylation is 1. The highest BCUT2D eigenvalue weighted by molar-refractivity contribution is 7.92. The number of sulfonamides is 1. The molecule has 2 aromatic rings. The van der Waals surface area contributed by atoms with E-state index in [4.69, 9.17) is 9.47 Å². The van der Waals surface area contributed by atoms with Crippen LogP contribution in [0.3, 0.4) is 0 Å². The third-order valence-electron chi connectivity index (χ3n) is 5.37. The van der Waals surface area contributed by atoms with Gasteiger partial charge in [-0.1, -0.05) is 17.7 Å². The van der Waals surface area contributed by atoms with Gasteiger partial charge in [-0.3, -0.25) is 9.10 Å². The molecule has 0 spiro atoms. The molecule has 3 rings (SSSR count). The summed E-state index contributed by atoms with van der Waals surface area (Å²) in [5.41, 5.74) is 1.77. The molecule has 0 unspecified atom stereocenters. The third-order valence-corrected chi connectivity index (χ3v) is 6.61. The van der Waals surface area contributed by atoms with Crippen LogP contribution in [0.1, 0.15) is 44.4 Å². The number of rotatable bonds is 6. The molecule has 0 bridgehead atoms. The summed E-state index contributed by atoms with van der Waals surface area (Å²) in [5.74, 6) is 0.947. The van der Waals surface area contributed by atoms with Crippen LogP contribution in [0.5, 0.6) is 11.5 Å². The molecule has 31 heavy (non-hydrogen) atoms. The monoisotopic (exact) mass is 446 g/mol. The predicted molar refractivity (Wildman–Crippen MR) is 121 cm³/mol. The Bertz CT molecular complexity index is 1060. The van der Waals surface area contributed by atoms with Gasteiger partial charge in [0.1, 0.15) is 23.1 Å². The fourth-order valence-corrected chi connectivity index (χ4v) is 5.06. The topological polar surface area (TPSA) is 84.9 Å². The second kappa shape index (κ2) is 8.42. The molecule has 1 heterocycles. The molecule has 1 aliphatic rings. The summed E-state index contributed by atoms with van der Waals surface area (Å²) in [4.78, 5) is 13.2. The maximum Gasteiger partial charge on any atom is 0.244 e. The van der Waals surface area contributed by atoms with E-state index < -0.39 is 21.7 Å². The summed E-state index contributed by atoms with van der Waals surface area (Å²) in [6.07, 6.45) is 1.64. The number of carbonyl (C=O) groups is 1. The smallest absolute Gasteiger partial charge is 0.244 e. The SMILES string of the molecule is COc1ccc2c(c1)[C@H](NC(=O)[C@H](C)N(c1ccc(C)cc1)S(C)(=O)=O)CC(C)(C)O2. The van der Waals surface area contributed by atoms with Gasteiger partial charge in [-0.05, 0) is 58.0 Å². The average Bonchev–Trinajstić information content (AvgIpc) is 2.67. The number of ether oxygens (including phenoxy) is 2. The summed E-state index contributed by atoms with van der Waals surface area (Å²) < 4.78 is 37.6. The summed E-state index contributed by atoms with van der Waals surface area (Å²) in [5, 5.41) is 3.03. The minimum absolute atomic E-state index is 0.344. The van der Waals surface area contributed by atoms with Gasteiger partial charge in [-0.15, -0.1) is 0 Å². The summed E-state index contributed by atoms with van der Waals surface area (Å²) in [6.45, 7) is 7.42. The summed E-state index contributed by atoms with van der Waals surface area (Å²) in [6, 6.07) is 11.3. The molecule has 1 aliphatic heterocycles. The number of anilines is 1. The zero-order chi connectivity index (χ0) is 23.0. The van der Waals surface area contributed by atoms with Gasteiger partial charge in [0.2, 0.25) is 15.9 Å². The second-order valence-electron chi connectivity index (χ2n) is 8.60. The zero-order valence-corrected chi connectivity index (χ0v) is 19.6. The first-order chi connectivity index (χ1) is 14.4. The van der Waals surface area contributed by atoms with Gasteiger partial charge in [-0.2, -0.15) is 0 Å². The third kappa shape index (κ3) is 5.12. The van der Waals surface area contributed by atoms with Crippen LogP contribution in [0, 0.1) is 6.92 Å². The number of hydrogen-bond acceptors (Lipinski definition) is 5. The van der Waals surface area contributed by atoms with Gasteiger partial charge in [-0.25, -0.2) is 8.42 Å². The van der Waals surface area contributed by atoms with E-state index in [0.29, 0.717) is 23.6 Å². The van der Waals surface area contributed by atoms with Crippen LogP contribution in [0.4, 0.5) is 5.69 Å². The Labute approximate surface area is 184 Å². The van der Waals surface area contributed by atoms with Crippen LogP contribution in [-0.4, -0.2) is 39.3 Å². The van der Waals surface area contributed by atoms with Crippen LogP contribution in [0.25, 0.3) is 0 Å². The molecule has 1 amide bonds. The Morgan fingerprint density at radius 2 is 1.87 bits per heavy atom. The number of benzene rings is 2. The highest BCUT2D eigenvalue weighted by Gasteiger charge is 2.37. The van der Waals surface area contributed by atoms with Crippen molar-refractivity contribution in [3.05, 3.63) is 53.6 Å². The van der Waals surface area contributed by atoms with E-state index in [0.717, 1.165) is 21.7 Å². The fraction of sp³-hybridized carbons (Fsp3) is 0.435. The van der Waals surface area contributed by atoms with Gasteiger partial charge in [0.15, 0.2) is 0 Å². The molecular weight excluding hydrogens is 416 g/mol. The van der Waals surface area contributed by atoms with Crippen LogP contribution in [-0.2, 0) is 14.8 Å². The van der Waals surface area contributed by atoms with E-state index in [2.05, 4.69) is 5.32 Å². The molecule has 0 aromatic heterocycles. The number of hydrogen-bond donors (Lipinski definition) is 1. The predicted octanol–water partition coefficient (Wildman–Crippen LogP) is 3.58. The first kappa shape index (κ1) is 22.9. The van der Waals surface area contributed by atoms with E-state index in [9.17, 15) is 13.2 Å². The van der Waals surface area contributed by atoms with Crippen molar-refractivity contribution in [2.45, 2.75) is 51.8 Å². The van der Waals surface area contributed by atoms with Crippen molar-refractivity contribution < 1.29 is 22.7 Å². The standard InChI is InChI=1S/C23H30N2O5S/c1-15-7-9-17(10-8-15)25(31(6,27)28)16(2)22(26)24-20-14-23(3,4)30-21-12-11-18(29-5)13-19(20)21/h7-13,16,20H,14H2,1-6H3,(H,24,26)/t16-,20+/m0/s1. The summed E-state index contributed by atoms with van der Waals surface area (Å²) >= 11 is 0. The quantitative estimate of drug-likeness (QED) is 0.733. The molecule has 7 nitrogen and oxygen atoms in total. The Morgan fingerprint density at radius 3 is 2.45 bits per heavy atom. The van der Waals surface area contributed by atoms with E-state index in [1.807, 2.05) is 51.1 Å². The second-order valence-corrected chi connectivity index (χ2v) is 10.5. The normalized spacial score (nSPS) is 18.3. The molecule has 0 saturated heterocycles. The number of nitrogens with one attached hydrogen (secondary N) is 1. The lowest BCUT2D eigenvalue weighted by Gasteiger charge is -2.39. The zero-order valence-electron chi connectivity index (χ0n) is 18.8. The van der Waals surface area contributed by atoms with E-state index in [1.54, 1.807) is 26.2 Å². The number of fused-ring (bicyclic) bond motifs is 1. The van der Waals surface area contributed by atoms with Crippen molar-refractivity contribution in [2.24, 2.45) is 0 Å². The van der Waals surface area contributed by atoms with Crippen LogP contribution in [0.2, 0.25) is 0 Å². The van der Waals surface area contributed by atoms with Gasteiger partial charge < -0.3 is 14.8 Å². The molecule has 1 N–H and O–H groups in total. The largest absolute Gasteiger partial charge is 0.497 e. The first-order valence-corrected chi connectivity index (χ1v) is 12.0. The Hall–Kier alpha value is -2.74. The lowest BCUT2D eigenvalue weighted by molar-refractivity contribution is -0.123. The van der Waals surface area contributed by atoms with Crippen LogP contribution >= 0.6 is 0 Å². The Balaban J connectivity index is 1.91. The van der Waals surface area contributed by atoms with Gasteiger partial charge in [0.25, 0.3) is 0 Å². The molecule has 168 valence electrons. The first-order valence-electron chi connectivity index (χ1n) is 10.1.